The molecule has 0 bridgehead atoms. The second-order valence-electron chi connectivity index (χ2n) is 12.3. The Morgan fingerprint density at radius 1 is 0.895 bits per heavy atom. The number of ether oxygens (including phenoxy) is 2. The van der Waals surface area contributed by atoms with Crippen LogP contribution >= 0.6 is 0 Å². The minimum atomic E-state index is -1.36. The van der Waals surface area contributed by atoms with E-state index in [0.29, 0.717) is 32.2 Å². The Balaban J connectivity index is 2.99. The molecule has 0 aromatic heterocycles. The number of alkyl carbamates (subject to hydrolysis) is 1. The van der Waals surface area contributed by atoms with Crippen molar-refractivity contribution in [1.29, 1.82) is 0 Å². The van der Waals surface area contributed by atoms with Crippen molar-refractivity contribution in [3.63, 3.8) is 0 Å². The van der Waals surface area contributed by atoms with E-state index < -0.39 is 59.0 Å². The molecular weight excluding hydrogens is 492 g/mol. The van der Waals surface area contributed by atoms with E-state index in [1.807, 2.05) is 27.7 Å². The highest BCUT2D eigenvalue weighted by molar-refractivity contribution is 5.97. The van der Waals surface area contributed by atoms with E-state index in [-0.39, 0.29) is 11.8 Å². The third kappa shape index (κ3) is 10.5. The van der Waals surface area contributed by atoms with E-state index in [1.165, 1.54) is 12.0 Å². The number of carbonyl (C=O) groups is 5. The van der Waals surface area contributed by atoms with Gasteiger partial charge in [-0.05, 0) is 72.1 Å². The van der Waals surface area contributed by atoms with Gasteiger partial charge in [0.2, 0.25) is 17.7 Å². The van der Waals surface area contributed by atoms with Gasteiger partial charge in [0, 0.05) is 6.54 Å². The van der Waals surface area contributed by atoms with E-state index in [0.717, 1.165) is 0 Å². The van der Waals surface area contributed by atoms with Crippen LogP contribution in [0.5, 0.6) is 0 Å². The molecule has 1 fully saturated rings. The Labute approximate surface area is 227 Å². The molecule has 3 atom stereocenters. The van der Waals surface area contributed by atoms with Gasteiger partial charge in [0.15, 0.2) is 0 Å². The third-order valence-corrected chi connectivity index (χ3v) is 6.01. The molecular formula is C27H48N4O7. The fraction of sp³-hybridized carbons (Fsp3) is 0.815. The Morgan fingerprint density at radius 2 is 1.45 bits per heavy atom. The Bertz CT molecular complexity index is 864. The van der Waals surface area contributed by atoms with E-state index >= 15 is 0 Å². The highest BCUT2D eigenvalue weighted by atomic mass is 16.6. The van der Waals surface area contributed by atoms with Crippen molar-refractivity contribution in [1.82, 2.24) is 20.9 Å². The van der Waals surface area contributed by atoms with Crippen LogP contribution in [0.25, 0.3) is 0 Å². The lowest BCUT2D eigenvalue weighted by Gasteiger charge is -2.35. The maximum atomic E-state index is 13.6. The van der Waals surface area contributed by atoms with Crippen LogP contribution in [0.2, 0.25) is 0 Å². The monoisotopic (exact) mass is 540 g/mol. The highest BCUT2D eigenvalue weighted by Crippen LogP contribution is 2.23. The van der Waals surface area contributed by atoms with Crippen molar-refractivity contribution in [3.8, 4) is 0 Å². The fourth-order valence-corrected chi connectivity index (χ4v) is 4.34. The molecule has 0 spiro atoms. The van der Waals surface area contributed by atoms with Crippen LogP contribution in [0.1, 0.15) is 88.0 Å². The molecule has 1 aliphatic rings. The molecule has 0 aromatic carbocycles. The third-order valence-electron chi connectivity index (χ3n) is 6.01. The van der Waals surface area contributed by atoms with Gasteiger partial charge in [0.05, 0.1) is 7.11 Å². The van der Waals surface area contributed by atoms with E-state index in [1.54, 1.807) is 34.6 Å². The largest absolute Gasteiger partial charge is 0.467 e. The second-order valence-corrected chi connectivity index (χ2v) is 12.3. The Hall–Kier alpha value is -2.85. The lowest BCUT2D eigenvalue weighted by molar-refractivity contribution is -0.148. The molecule has 218 valence electrons. The molecule has 1 rings (SSSR count). The van der Waals surface area contributed by atoms with Crippen LogP contribution in [0.15, 0.2) is 0 Å². The van der Waals surface area contributed by atoms with Gasteiger partial charge in [-0.2, -0.15) is 0 Å². The summed E-state index contributed by atoms with van der Waals surface area (Å²) in [5.41, 5.74) is -2.09. The van der Waals surface area contributed by atoms with E-state index in [4.69, 9.17) is 9.47 Å². The molecule has 0 aromatic rings. The molecule has 1 saturated heterocycles. The molecule has 0 saturated carbocycles. The predicted octanol–water partition coefficient (Wildman–Crippen LogP) is 2.52. The maximum absolute atomic E-state index is 13.6. The van der Waals surface area contributed by atoms with Gasteiger partial charge in [-0.1, -0.05) is 27.7 Å². The molecule has 0 aliphatic carbocycles. The summed E-state index contributed by atoms with van der Waals surface area (Å²) in [5.74, 6) is -1.70. The fourth-order valence-electron chi connectivity index (χ4n) is 4.34. The summed E-state index contributed by atoms with van der Waals surface area (Å²) in [6.45, 7) is 16.4. The first-order valence-corrected chi connectivity index (χ1v) is 13.4. The number of amides is 4. The number of hydrogen-bond donors (Lipinski definition) is 3. The molecule has 11 nitrogen and oxygen atoms in total. The minimum absolute atomic E-state index is 0.0831. The highest BCUT2D eigenvalue weighted by Gasteiger charge is 2.43. The summed E-state index contributed by atoms with van der Waals surface area (Å²) in [6.07, 6.45) is 1.07. The van der Waals surface area contributed by atoms with Gasteiger partial charge in [0.1, 0.15) is 29.3 Å². The van der Waals surface area contributed by atoms with Crippen molar-refractivity contribution >= 4 is 29.8 Å². The van der Waals surface area contributed by atoms with Crippen molar-refractivity contribution in [2.75, 3.05) is 13.7 Å². The summed E-state index contributed by atoms with van der Waals surface area (Å²) < 4.78 is 10.1. The van der Waals surface area contributed by atoms with Crippen molar-refractivity contribution in [2.24, 2.45) is 11.8 Å². The van der Waals surface area contributed by atoms with Crippen LogP contribution in [0.3, 0.4) is 0 Å². The quantitative estimate of drug-likeness (QED) is 0.342. The standard InChI is InChI=1S/C27H48N4O7/c1-16(2)14-18(29-25(36)38-26(5,6)7)21(32)30-27(8,9)24(35)31-13-11-12-20(31)22(33)28-19(15-17(3)4)23(34)37-10/h16-20H,11-15H2,1-10H3,(H,28,33)(H,29,36)(H,30,32)/t18-,19-,20-/m0/s1. The van der Waals surface area contributed by atoms with Gasteiger partial charge < -0.3 is 30.3 Å². The summed E-state index contributed by atoms with van der Waals surface area (Å²) >= 11 is 0. The number of rotatable bonds is 11. The lowest BCUT2D eigenvalue weighted by atomic mass is 9.98. The molecule has 1 heterocycles. The predicted molar refractivity (Wildman–Crippen MR) is 143 cm³/mol. The first kappa shape index (κ1) is 33.2. The summed E-state index contributed by atoms with van der Waals surface area (Å²) in [6, 6.07) is -2.50. The number of carbonyl (C=O) groups excluding carboxylic acids is 5. The molecule has 0 radical (unpaired) electrons. The zero-order valence-corrected chi connectivity index (χ0v) is 24.7. The SMILES string of the molecule is COC(=O)[C@H](CC(C)C)NC(=O)[C@@H]1CCCN1C(=O)C(C)(C)NC(=O)[C@H](CC(C)C)NC(=O)OC(C)(C)C. The lowest BCUT2D eigenvalue weighted by Crippen LogP contribution is -2.62. The molecule has 11 heteroatoms. The molecule has 0 unspecified atom stereocenters. The number of nitrogens with zero attached hydrogens (tertiary/aromatic N) is 1. The van der Waals surface area contributed by atoms with Gasteiger partial charge >= 0.3 is 12.1 Å². The topological polar surface area (TPSA) is 143 Å². The first-order valence-electron chi connectivity index (χ1n) is 13.4. The molecule has 1 aliphatic heterocycles. The van der Waals surface area contributed by atoms with Gasteiger partial charge in [-0.3, -0.25) is 14.4 Å². The van der Waals surface area contributed by atoms with Gasteiger partial charge in [-0.25, -0.2) is 9.59 Å². The smallest absolute Gasteiger partial charge is 0.408 e. The number of nitrogens with one attached hydrogen (secondary N) is 3. The average Bonchev–Trinajstić information content (AvgIpc) is 3.24. The molecule has 38 heavy (non-hydrogen) atoms. The Morgan fingerprint density at radius 3 is 1.95 bits per heavy atom. The van der Waals surface area contributed by atoms with Crippen LogP contribution < -0.4 is 16.0 Å². The first-order chi connectivity index (χ1) is 17.4. The van der Waals surface area contributed by atoms with Crippen LogP contribution in [0, 0.1) is 11.8 Å². The number of methoxy groups -OCH3 is 1. The molecule has 4 amide bonds. The maximum Gasteiger partial charge on any atom is 0.408 e. The van der Waals surface area contributed by atoms with Crippen molar-refractivity contribution < 1.29 is 33.4 Å². The van der Waals surface area contributed by atoms with Crippen molar-refractivity contribution in [2.45, 2.75) is 117 Å². The van der Waals surface area contributed by atoms with E-state index in [2.05, 4.69) is 16.0 Å². The zero-order chi connectivity index (χ0) is 29.4. The Kier molecular flexibility index (Phi) is 12.0. The molecule has 3 N–H and O–H groups in total. The number of likely N-dealkylation sites (tertiary alicyclic amines) is 1. The summed E-state index contributed by atoms with van der Waals surface area (Å²) in [7, 11) is 1.27. The van der Waals surface area contributed by atoms with Crippen LogP contribution in [-0.2, 0) is 28.7 Å². The average molecular weight is 541 g/mol. The van der Waals surface area contributed by atoms with Crippen LogP contribution in [-0.4, -0.2) is 77.6 Å². The van der Waals surface area contributed by atoms with E-state index in [9.17, 15) is 24.0 Å². The number of esters is 1. The number of hydrogen-bond acceptors (Lipinski definition) is 7. The minimum Gasteiger partial charge on any atom is -0.467 e. The van der Waals surface area contributed by atoms with Crippen LogP contribution in [0.4, 0.5) is 4.79 Å². The van der Waals surface area contributed by atoms with Gasteiger partial charge in [0.25, 0.3) is 0 Å². The van der Waals surface area contributed by atoms with Gasteiger partial charge in [-0.15, -0.1) is 0 Å². The summed E-state index contributed by atoms with van der Waals surface area (Å²) in [4.78, 5) is 65.8. The zero-order valence-electron chi connectivity index (χ0n) is 24.7. The second kappa shape index (κ2) is 13.8. The van der Waals surface area contributed by atoms with Crippen molar-refractivity contribution in [3.05, 3.63) is 0 Å². The normalized spacial score (nSPS) is 17.6. The summed E-state index contributed by atoms with van der Waals surface area (Å²) in [5, 5.41) is 8.11.